The molecule has 3 rings (SSSR count). The van der Waals surface area contributed by atoms with E-state index in [0.29, 0.717) is 6.54 Å². The molecule has 0 unspecified atom stereocenters. The molecule has 2 aromatic carbocycles. The summed E-state index contributed by atoms with van der Waals surface area (Å²) in [6, 6.07) is 19.5. The molecule has 0 atom stereocenters. The van der Waals surface area contributed by atoms with Crippen LogP contribution in [0.2, 0.25) is 0 Å². The summed E-state index contributed by atoms with van der Waals surface area (Å²) in [4.78, 5) is 25.1. The van der Waals surface area contributed by atoms with Crippen molar-refractivity contribution >= 4 is 12.1 Å². The molecule has 27 heavy (non-hydrogen) atoms. The SMILES string of the molecule is O=C(O)CN(Cc1ccccc1)C1CC(NC(=O)OCc2ccccc2)C1. The predicted molar refractivity (Wildman–Crippen MR) is 101 cm³/mol. The van der Waals surface area contributed by atoms with Gasteiger partial charge in [0.15, 0.2) is 0 Å². The number of carboxylic acid groups (broad SMARTS) is 1. The fraction of sp³-hybridized carbons (Fsp3) is 0.333. The van der Waals surface area contributed by atoms with Crippen LogP contribution in [0, 0.1) is 0 Å². The number of carbonyl (C=O) groups excluding carboxylic acids is 1. The minimum absolute atomic E-state index is 0.00919. The Labute approximate surface area is 158 Å². The molecule has 0 bridgehead atoms. The number of rotatable bonds is 8. The van der Waals surface area contributed by atoms with Crippen molar-refractivity contribution in [1.82, 2.24) is 10.2 Å². The summed E-state index contributed by atoms with van der Waals surface area (Å²) in [6.07, 6.45) is 1.01. The van der Waals surface area contributed by atoms with Crippen LogP contribution < -0.4 is 5.32 Å². The van der Waals surface area contributed by atoms with Crippen LogP contribution in [0.5, 0.6) is 0 Å². The largest absolute Gasteiger partial charge is 0.480 e. The van der Waals surface area contributed by atoms with Crippen LogP contribution >= 0.6 is 0 Å². The van der Waals surface area contributed by atoms with Crippen molar-refractivity contribution in [3.05, 3.63) is 71.8 Å². The number of nitrogens with zero attached hydrogens (tertiary/aromatic N) is 1. The van der Waals surface area contributed by atoms with Gasteiger partial charge in [0.25, 0.3) is 0 Å². The van der Waals surface area contributed by atoms with Crippen molar-refractivity contribution in [3.63, 3.8) is 0 Å². The number of hydrogen-bond acceptors (Lipinski definition) is 4. The third kappa shape index (κ3) is 5.82. The van der Waals surface area contributed by atoms with Crippen LogP contribution in [0.3, 0.4) is 0 Å². The molecule has 1 aliphatic rings. The number of carbonyl (C=O) groups is 2. The van der Waals surface area contributed by atoms with E-state index in [1.807, 2.05) is 65.6 Å². The molecule has 6 heteroatoms. The van der Waals surface area contributed by atoms with Crippen molar-refractivity contribution < 1.29 is 19.4 Å². The molecule has 0 spiro atoms. The van der Waals surface area contributed by atoms with Gasteiger partial charge in [0.2, 0.25) is 0 Å². The summed E-state index contributed by atoms with van der Waals surface area (Å²) in [5, 5.41) is 12.0. The van der Waals surface area contributed by atoms with Gasteiger partial charge in [-0.3, -0.25) is 9.69 Å². The van der Waals surface area contributed by atoms with E-state index in [1.165, 1.54) is 0 Å². The van der Waals surface area contributed by atoms with E-state index in [1.54, 1.807) is 0 Å². The molecule has 2 N–H and O–H groups in total. The highest BCUT2D eigenvalue weighted by Gasteiger charge is 2.35. The second-order valence-corrected chi connectivity index (χ2v) is 6.81. The lowest BCUT2D eigenvalue weighted by atomic mass is 9.85. The van der Waals surface area contributed by atoms with Crippen LogP contribution in [0.25, 0.3) is 0 Å². The quantitative estimate of drug-likeness (QED) is 0.749. The van der Waals surface area contributed by atoms with Gasteiger partial charge in [-0.1, -0.05) is 60.7 Å². The maximum absolute atomic E-state index is 11.9. The molecule has 1 fully saturated rings. The second-order valence-electron chi connectivity index (χ2n) is 6.81. The Kier molecular flexibility index (Phi) is 6.44. The van der Waals surface area contributed by atoms with E-state index >= 15 is 0 Å². The van der Waals surface area contributed by atoms with E-state index in [2.05, 4.69) is 5.32 Å². The van der Waals surface area contributed by atoms with Gasteiger partial charge in [-0.05, 0) is 24.0 Å². The van der Waals surface area contributed by atoms with E-state index < -0.39 is 12.1 Å². The average Bonchev–Trinajstić information content (AvgIpc) is 2.63. The molecule has 0 heterocycles. The summed E-state index contributed by atoms with van der Waals surface area (Å²) in [5.41, 5.74) is 2.02. The lowest BCUT2D eigenvalue weighted by Crippen LogP contribution is -2.54. The Bertz CT molecular complexity index is 745. The number of alkyl carbamates (subject to hydrolysis) is 1. The number of benzene rings is 2. The standard InChI is InChI=1S/C21H24N2O4/c24-20(25)14-23(13-16-7-3-1-4-8-16)19-11-18(12-19)22-21(26)27-15-17-9-5-2-6-10-17/h1-10,18-19H,11-15H2,(H,22,26)(H,24,25). The zero-order valence-corrected chi connectivity index (χ0v) is 15.1. The first-order chi connectivity index (χ1) is 13.1. The molecular weight excluding hydrogens is 344 g/mol. The van der Waals surface area contributed by atoms with Gasteiger partial charge >= 0.3 is 12.1 Å². The fourth-order valence-corrected chi connectivity index (χ4v) is 3.24. The van der Waals surface area contributed by atoms with Gasteiger partial charge in [-0.25, -0.2) is 4.79 Å². The maximum atomic E-state index is 11.9. The van der Waals surface area contributed by atoms with Gasteiger partial charge < -0.3 is 15.2 Å². The zero-order valence-electron chi connectivity index (χ0n) is 15.1. The lowest BCUT2D eigenvalue weighted by molar-refractivity contribution is -0.139. The zero-order chi connectivity index (χ0) is 19.1. The predicted octanol–water partition coefficient (Wildman–Crippen LogP) is 3.03. The van der Waals surface area contributed by atoms with Gasteiger partial charge in [-0.15, -0.1) is 0 Å². The highest BCUT2D eigenvalue weighted by molar-refractivity contribution is 5.69. The second kappa shape index (κ2) is 9.19. The van der Waals surface area contributed by atoms with Crippen LogP contribution in [-0.4, -0.2) is 40.7 Å². The van der Waals surface area contributed by atoms with E-state index in [-0.39, 0.29) is 25.2 Å². The molecule has 1 aliphatic carbocycles. The van der Waals surface area contributed by atoms with Crippen molar-refractivity contribution in [2.75, 3.05) is 6.54 Å². The van der Waals surface area contributed by atoms with Crippen LogP contribution in [0.15, 0.2) is 60.7 Å². The Morgan fingerprint density at radius 1 is 1.00 bits per heavy atom. The molecule has 142 valence electrons. The Morgan fingerprint density at radius 2 is 1.59 bits per heavy atom. The number of nitrogens with one attached hydrogen (secondary N) is 1. The lowest BCUT2D eigenvalue weighted by Gasteiger charge is -2.42. The molecule has 1 amide bonds. The van der Waals surface area contributed by atoms with Crippen LogP contribution in [0.1, 0.15) is 24.0 Å². The Balaban J connectivity index is 1.44. The molecule has 0 aliphatic heterocycles. The molecular formula is C21H24N2O4. The normalized spacial score (nSPS) is 18.6. The van der Waals surface area contributed by atoms with Crippen molar-refractivity contribution in [2.45, 2.75) is 38.1 Å². The molecule has 0 radical (unpaired) electrons. The minimum atomic E-state index is -0.843. The number of amides is 1. The monoisotopic (exact) mass is 368 g/mol. The Hall–Kier alpha value is -2.86. The number of carboxylic acids is 1. The Morgan fingerprint density at radius 3 is 2.19 bits per heavy atom. The molecule has 6 nitrogen and oxygen atoms in total. The summed E-state index contributed by atoms with van der Waals surface area (Å²) < 4.78 is 5.23. The van der Waals surface area contributed by atoms with Crippen molar-refractivity contribution in [3.8, 4) is 0 Å². The summed E-state index contributed by atoms with van der Waals surface area (Å²) in [5.74, 6) is -0.843. The van der Waals surface area contributed by atoms with Crippen LogP contribution in [-0.2, 0) is 22.7 Å². The van der Waals surface area contributed by atoms with E-state index in [0.717, 1.165) is 24.0 Å². The average molecular weight is 368 g/mol. The minimum Gasteiger partial charge on any atom is -0.480 e. The van der Waals surface area contributed by atoms with Crippen molar-refractivity contribution in [2.24, 2.45) is 0 Å². The first kappa shape index (κ1) is 18.9. The highest BCUT2D eigenvalue weighted by Crippen LogP contribution is 2.27. The summed E-state index contributed by atoms with van der Waals surface area (Å²) in [7, 11) is 0. The van der Waals surface area contributed by atoms with E-state index in [4.69, 9.17) is 4.74 Å². The topological polar surface area (TPSA) is 78.9 Å². The van der Waals surface area contributed by atoms with Crippen molar-refractivity contribution in [1.29, 1.82) is 0 Å². The maximum Gasteiger partial charge on any atom is 0.407 e. The third-order valence-electron chi connectivity index (χ3n) is 4.73. The van der Waals surface area contributed by atoms with Gasteiger partial charge in [0.1, 0.15) is 6.61 Å². The molecule has 1 saturated carbocycles. The van der Waals surface area contributed by atoms with Gasteiger partial charge in [0.05, 0.1) is 6.54 Å². The van der Waals surface area contributed by atoms with E-state index in [9.17, 15) is 14.7 Å². The number of hydrogen-bond donors (Lipinski definition) is 2. The number of ether oxygens (including phenoxy) is 1. The smallest absolute Gasteiger partial charge is 0.407 e. The van der Waals surface area contributed by atoms with Gasteiger partial charge in [-0.2, -0.15) is 0 Å². The summed E-state index contributed by atoms with van der Waals surface area (Å²) in [6.45, 7) is 0.815. The van der Waals surface area contributed by atoms with Gasteiger partial charge in [0, 0.05) is 18.6 Å². The van der Waals surface area contributed by atoms with Crippen LogP contribution in [0.4, 0.5) is 4.79 Å². The fourth-order valence-electron chi connectivity index (χ4n) is 3.24. The first-order valence-corrected chi connectivity index (χ1v) is 9.07. The summed E-state index contributed by atoms with van der Waals surface area (Å²) >= 11 is 0. The third-order valence-corrected chi connectivity index (χ3v) is 4.73. The number of aliphatic carboxylic acids is 1. The highest BCUT2D eigenvalue weighted by atomic mass is 16.5. The molecule has 0 saturated heterocycles. The first-order valence-electron chi connectivity index (χ1n) is 9.07. The molecule has 0 aromatic heterocycles. The molecule has 2 aromatic rings.